The van der Waals surface area contributed by atoms with Crippen molar-refractivity contribution in [1.29, 1.82) is 0 Å². The number of rotatable bonds is 3. The van der Waals surface area contributed by atoms with Gasteiger partial charge in [-0.1, -0.05) is 41.6 Å². The third-order valence-electron chi connectivity index (χ3n) is 4.26. The third kappa shape index (κ3) is 4.52. The van der Waals surface area contributed by atoms with Crippen LogP contribution in [0.25, 0.3) is 0 Å². The molecular formula is C19H25BrN2S. The minimum absolute atomic E-state index is 0. The van der Waals surface area contributed by atoms with Gasteiger partial charge in [-0.2, -0.15) is 0 Å². The van der Waals surface area contributed by atoms with Crippen molar-refractivity contribution in [3.05, 3.63) is 53.6 Å². The number of nitrogens with zero attached hydrogens (tertiary/aromatic N) is 2. The molecule has 0 spiro atoms. The fourth-order valence-electron chi connectivity index (χ4n) is 2.88. The molecule has 124 valence electrons. The van der Waals surface area contributed by atoms with Crippen LogP contribution in [0.15, 0.2) is 52.3 Å². The highest BCUT2D eigenvalue weighted by Crippen LogP contribution is 2.37. The van der Waals surface area contributed by atoms with E-state index >= 15 is 0 Å². The molecule has 0 unspecified atom stereocenters. The first-order valence-electron chi connectivity index (χ1n) is 7.91. The minimum Gasteiger partial charge on any atom is -0.368 e. The highest BCUT2D eigenvalue weighted by atomic mass is 79.9. The van der Waals surface area contributed by atoms with Crippen LogP contribution in [0.1, 0.15) is 11.1 Å². The van der Waals surface area contributed by atoms with E-state index in [2.05, 4.69) is 73.2 Å². The predicted octanol–water partition coefficient (Wildman–Crippen LogP) is 4.78. The number of anilines is 1. The smallest absolute Gasteiger partial charge is 0.0508 e. The van der Waals surface area contributed by atoms with Gasteiger partial charge >= 0.3 is 0 Å². The fourth-order valence-corrected chi connectivity index (χ4v) is 3.93. The van der Waals surface area contributed by atoms with Crippen LogP contribution >= 0.6 is 28.7 Å². The van der Waals surface area contributed by atoms with Crippen LogP contribution in [0, 0.1) is 13.8 Å². The quantitative estimate of drug-likeness (QED) is 0.741. The monoisotopic (exact) mass is 392 g/mol. The molecule has 0 amide bonds. The summed E-state index contributed by atoms with van der Waals surface area (Å²) >= 11 is 1.89. The van der Waals surface area contributed by atoms with Crippen LogP contribution in [-0.2, 0) is 0 Å². The molecule has 0 aromatic heterocycles. The molecular weight excluding hydrogens is 368 g/mol. The van der Waals surface area contributed by atoms with Gasteiger partial charge in [0.25, 0.3) is 0 Å². The Labute approximate surface area is 154 Å². The van der Waals surface area contributed by atoms with Gasteiger partial charge in [-0.25, -0.2) is 0 Å². The van der Waals surface area contributed by atoms with Gasteiger partial charge in [-0.15, -0.1) is 17.0 Å². The van der Waals surface area contributed by atoms with E-state index in [9.17, 15) is 0 Å². The second-order valence-corrected chi connectivity index (χ2v) is 7.21. The molecule has 1 fully saturated rings. The van der Waals surface area contributed by atoms with Crippen molar-refractivity contribution < 1.29 is 0 Å². The molecule has 0 bridgehead atoms. The number of aryl methyl sites for hydroxylation is 2. The molecule has 3 rings (SSSR count). The van der Waals surface area contributed by atoms with Crippen molar-refractivity contribution in [2.45, 2.75) is 23.6 Å². The maximum atomic E-state index is 2.52. The summed E-state index contributed by atoms with van der Waals surface area (Å²) in [5, 5.41) is 0. The highest BCUT2D eigenvalue weighted by molar-refractivity contribution is 8.93. The SMILES string of the molecule is Br.Cc1ccc(Sc2ccccc2N2CCN(C)CC2)c(C)c1. The van der Waals surface area contributed by atoms with Gasteiger partial charge in [0.15, 0.2) is 0 Å². The van der Waals surface area contributed by atoms with E-state index in [1.165, 1.54) is 26.6 Å². The Morgan fingerprint density at radius 2 is 1.57 bits per heavy atom. The number of benzene rings is 2. The maximum Gasteiger partial charge on any atom is 0.0508 e. The summed E-state index contributed by atoms with van der Waals surface area (Å²) < 4.78 is 0. The number of likely N-dealkylation sites (N-methyl/N-ethyl adjacent to an activating group) is 1. The number of hydrogen-bond acceptors (Lipinski definition) is 3. The van der Waals surface area contributed by atoms with Crippen molar-refractivity contribution in [2.75, 3.05) is 38.1 Å². The lowest BCUT2D eigenvalue weighted by Crippen LogP contribution is -2.44. The largest absolute Gasteiger partial charge is 0.368 e. The van der Waals surface area contributed by atoms with E-state index in [1.807, 2.05) is 11.8 Å². The molecule has 2 aromatic carbocycles. The van der Waals surface area contributed by atoms with Crippen molar-refractivity contribution in [3.63, 3.8) is 0 Å². The van der Waals surface area contributed by atoms with E-state index in [4.69, 9.17) is 0 Å². The van der Waals surface area contributed by atoms with Crippen LogP contribution in [0.4, 0.5) is 5.69 Å². The van der Waals surface area contributed by atoms with Crippen molar-refractivity contribution in [1.82, 2.24) is 4.90 Å². The fraction of sp³-hybridized carbons (Fsp3) is 0.368. The van der Waals surface area contributed by atoms with E-state index < -0.39 is 0 Å². The van der Waals surface area contributed by atoms with Gasteiger partial charge in [-0.3, -0.25) is 0 Å². The summed E-state index contributed by atoms with van der Waals surface area (Å²) in [7, 11) is 2.20. The van der Waals surface area contributed by atoms with Gasteiger partial charge in [0.2, 0.25) is 0 Å². The zero-order valence-electron chi connectivity index (χ0n) is 14.1. The lowest BCUT2D eigenvalue weighted by molar-refractivity contribution is 0.312. The molecule has 0 saturated carbocycles. The molecule has 2 aromatic rings. The van der Waals surface area contributed by atoms with Gasteiger partial charge in [0.05, 0.1) is 5.69 Å². The molecule has 1 aliphatic rings. The Balaban J connectivity index is 0.00000192. The first kappa shape index (κ1) is 18.4. The molecule has 0 radical (unpaired) electrons. The second kappa shape index (κ2) is 8.22. The summed E-state index contributed by atoms with van der Waals surface area (Å²) in [6.45, 7) is 8.86. The summed E-state index contributed by atoms with van der Waals surface area (Å²) in [4.78, 5) is 7.63. The lowest BCUT2D eigenvalue weighted by atomic mass is 10.2. The van der Waals surface area contributed by atoms with E-state index in [-0.39, 0.29) is 17.0 Å². The number of hydrogen-bond donors (Lipinski definition) is 0. The molecule has 1 aliphatic heterocycles. The molecule has 0 atom stereocenters. The number of piperazine rings is 1. The average Bonchev–Trinajstić information content (AvgIpc) is 2.51. The average molecular weight is 393 g/mol. The number of para-hydroxylation sites is 1. The molecule has 23 heavy (non-hydrogen) atoms. The van der Waals surface area contributed by atoms with Crippen LogP contribution in [0.2, 0.25) is 0 Å². The first-order chi connectivity index (χ1) is 10.6. The third-order valence-corrected chi connectivity index (χ3v) is 5.50. The maximum absolute atomic E-state index is 2.52. The Morgan fingerprint density at radius 1 is 0.870 bits per heavy atom. The van der Waals surface area contributed by atoms with Crippen LogP contribution in [0.5, 0.6) is 0 Å². The van der Waals surface area contributed by atoms with Gasteiger partial charge < -0.3 is 9.80 Å². The van der Waals surface area contributed by atoms with Gasteiger partial charge in [0.1, 0.15) is 0 Å². The molecule has 4 heteroatoms. The summed E-state index contributed by atoms with van der Waals surface area (Å²) in [6, 6.07) is 15.5. The Morgan fingerprint density at radius 3 is 2.26 bits per heavy atom. The van der Waals surface area contributed by atoms with E-state index in [0.717, 1.165) is 26.2 Å². The Kier molecular flexibility index (Phi) is 6.57. The van der Waals surface area contributed by atoms with Gasteiger partial charge in [0, 0.05) is 36.0 Å². The van der Waals surface area contributed by atoms with E-state index in [1.54, 1.807) is 0 Å². The second-order valence-electron chi connectivity index (χ2n) is 6.13. The molecule has 0 N–H and O–H groups in total. The summed E-state index contributed by atoms with van der Waals surface area (Å²) in [6.07, 6.45) is 0. The normalized spacial score (nSPS) is 15.3. The minimum atomic E-state index is 0. The Bertz CT molecular complexity index is 652. The van der Waals surface area contributed by atoms with Crippen molar-refractivity contribution in [2.24, 2.45) is 0 Å². The van der Waals surface area contributed by atoms with Gasteiger partial charge in [-0.05, 0) is 44.7 Å². The topological polar surface area (TPSA) is 6.48 Å². The van der Waals surface area contributed by atoms with Crippen LogP contribution in [-0.4, -0.2) is 38.1 Å². The number of halogens is 1. The zero-order chi connectivity index (χ0) is 15.5. The summed E-state index contributed by atoms with van der Waals surface area (Å²) in [5.41, 5.74) is 4.06. The highest BCUT2D eigenvalue weighted by Gasteiger charge is 2.17. The summed E-state index contributed by atoms with van der Waals surface area (Å²) in [5.74, 6) is 0. The molecule has 1 heterocycles. The van der Waals surface area contributed by atoms with E-state index in [0.29, 0.717) is 0 Å². The molecule has 1 saturated heterocycles. The Hall–Kier alpha value is -0.970. The molecule has 0 aliphatic carbocycles. The van der Waals surface area contributed by atoms with Crippen LogP contribution < -0.4 is 4.90 Å². The standard InChI is InChI=1S/C19H24N2S.BrH/c1-15-8-9-18(16(2)14-15)22-19-7-5-4-6-17(19)21-12-10-20(3)11-13-21;/h4-9,14H,10-13H2,1-3H3;1H. The predicted molar refractivity (Wildman–Crippen MR) is 107 cm³/mol. The van der Waals surface area contributed by atoms with Crippen LogP contribution in [0.3, 0.4) is 0 Å². The van der Waals surface area contributed by atoms with Crippen molar-refractivity contribution >= 4 is 34.4 Å². The zero-order valence-corrected chi connectivity index (χ0v) is 16.6. The van der Waals surface area contributed by atoms with Crippen molar-refractivity contribution in [3.8, 4) is 0 Å². The lowest BCUT2D eigenvalue weighted by Gasteiger charge is -2.35. The first-order valence-corrected chi connectivity index (χ1v) is 8.73. The molecule has 2 nitrogen and oxygen atoms in total.